The van der Waals surface area contributed by atoms with Gasteiger partial charge in [0.05, 0.1) is 0 Å². The normalized spacial score (nSPS) is 12.8. The van der Waals surface area contributed by atoms with Crippen LogP contribution in [0.3, 0.4) is 0 Å². The molecule has 3 N–H and O–H groups in total. The maximum Gasteiger partial charge on any atom is 0.0440 e. The number of rotatable bonds is 5. The van der Waals surface area contributed by atoms with Crippen LogP contribution in [-0.4, -0.2) is 0 Å². The third-order valence-electron chi connectivity index (χ3n) is 3.08. The van der Waals surface area contributed by atoms with Crippen molar-refractivity contribution >= 4 is 17.0 Å². The topological polar surface area (TPSA) is 38.0 Å². The predicted molar refractivity (Wildman–Crippen MR) is 79.6 cm³/mol. The summed E-state index contributed by atoms with van der Waals surface area (Å²) in [7, 11) is 0. The minimum Gasteiger partial charge on any atom is -0.398 e. The Balaban J connectivity index is 2.05. The fourth-order valence-corrected chi connectivity index (χ4v) is 3.02. The highest BCUT2D eigenvalue weighted by atomic mass is 32.1. The highest BCUT2D eigenvalue weighted by Crippen LogP contribution is 2.26. The number of anilines is 1. The van der Waals surface area contributed by atoms with Gasteiger partial charge in [-0.3, -0.25) is 0 Å². The van der Waals surface area contributed by atoms with Crippen LogP contribution in [0, 0.1) is 5.92 Å². The standard InChI is InChI=1S/C15H20N2S/c1-11(2)15(14-8-5-9-18-14)17-10-12-6-3-4-7-13(12)16/h3-9,11,15,17H,10,16H2,1-2H3. The number of nitrogens with one attached hydrogen (secondary N) is 1. The van der Waals surface area contributed by atoms with Crippen molar-refractivity contribution in [2.45, 2.75) is 26.4 Å². The van der Waals surface area contributed by atoms with Crippen molar-refractivity contribution in [3.63, 3.8) is 0 Å². The summed E-state index contributed by atoms with van der Waals surface area (Å²) in [5, 5.41) is 5.74. The average molecular weight is 260 g/mol. The SMILES string of the molecule is CC(C)C(NCc1ccccc1N)c1cccs1. The Bertz CT molecular complexity index is 477. The van der Waals surface area contributed by atoms with Crippen molar-refractivity contribution in [1.82, 2.24) is 5.32 Å². The third kappa shape index (κ3) is 3.12. The highest BCUT2D eigenvalue weighted by molar-refractivity contribution is 7.10. The minimum absolute atomic E-state index is 0.393. The molecule has 1 heterocycles. The number of nitrogen functional groups attached to an aromatic ring is 1. The van der Waals surface area contributed by atoms with E-state index in [1.54, 1.807) is 11.3 Å². The zero-order valence-electron chi connectivity index (χ0n) is 10.9. The summed E-state index contributed by atoms with van der Waals surface area (Å²) in [5.41, 5.74) is 7.99. The minimum atomic E-state index is 0.393. The lowest BCUT2D eigenvalue weighted by Crippen LogP contribution is -2.24. The number of para-hydroxylation sites is 1. The molecule has 2 nitrogen and oxygen atoms in total. The molecule has 1 aromatic heterocycles. The van der Waals surface area contributed by atoms with Gasteiger partial charge >= 0.3 is 0 Å². The number of thiophene rings is 1. The number of benzene rings is 1. The lowest BCUT2D eigenvalue weighted by Gasteiger charge is -2.21. The molecule has 96 valence electrons. The lowest BCUT2D eigenvalue weighted by molar-refractivity contribution is 0.417. The Morgan fingerprint density at radius 2 is 1.94 bits per heavy atom. The quantitative estimate of drug-likeness (QED) is 0.802. The smallest absolute Gasteiger partial charge is 0.0440 e. The molecule has 2 aromatic rings. The maximum absolute atomic E-state index is 5.96. The molecule has 0 aliphatic carbocycles. The van der Waals surface area contributed by atoms with Gasteiger partial charge in [0.15, 0.2) is 0 Å². The molecule has 18 heavy (non-hydrogen) atoms. The Morgan fingerprint density at radius 3 is 2.56 bits per heavy atom. The van der Waals surface area contributed by atoms with Gasteiger partial charge in [0, 0.05) is 23.2 Å². The van der Waals surface area contributed by atoms with E-state index in [2.05, 4.69) is 42.7 Å². The second-order valence-corrected chi connectivity index (χ2v) is 5.80. The van der Waals surface area contributed by atoms with Gasteiger partial charge in [0.25, 0.3) is 0 Å². The number of hydrogen-bond donors (Lipinski definition) is 2. The van der Waals surface area contributed by atoms with Gasteiger partial charge in [-0.15, -0.1) is 11.3 Å². The average Bonchev–Trinajstić information content (AvgIpc) is 2.85. The molecule has 0 saturated heterocycles. The van der Waals surface area contributed by atoms with Gasteiger partial charge in [-0.05, 0) is 29.0 Å². The van der Waals surface area contributed by atoms with E-state index < -0.39 is 0 Å². The van der Waals surface area contributed by atoms with Crippen molar-refractivity contribution < 1.29 is 0 Å². The molecule has 2 rings (SSSR count). The summed E-state index contributed by atoms with van der Waals surface area (Å²) in [6.45, 7) is 5.30. The highest BCUT2D eigenvalue weighted by Gasteiger charge is 2.16. The molecule has 0 aliphatic rings. The van der Waals surface area contributed by atoms with E-state index in [0.717, 1.165) is 12.2 Å². The van der Waals surface area contributed by atoms with Gasteiger partial charge in [0.1, 0.15) is 0 Å². The Labute approximate surface area is 113 Å². The zero-order valence-corrected chi connectivity index (χ0v) is 11.7. The molecule has 0 fully saturated rings. The van der Waals surface area contributed by atoms with E-state index in [1.807, 2.05) is 18.2 Å². The first-order valence-electron chi connectivity index (χ1n) is 6.28. The van der Waals surface area contributed by atoms with E-state index in [1.165, 1.54) is 10.4 Å². The first kappa shape index (κ1) is 13.1. The maximum atomic E-state index is 5.96. The van der Waals surface area contributed by atoms with E-state index >= 15 is 0 Å². The molecule has 1 aromatic carbocycles. The van der Waals surface area contributed by atoms with Gasteiger partial charge in [0.2, 0.25) is 0 Å². The van der Waals surface area contributed by atoms with Crippen LogP contribution in [0.25, 0.3) is 0 Å². The van der Waals surface area contributed by atoms with Crippen LogP contribution >= 0.6 is 11.3 Å². The van der Waals surface area contributed by atoms with Gasteiger partial charge in [-0.2, -0.15) is 0 Å². The fraction of sp³-hybridized carbons (Fsp3) is 0.333. The summed E-state index contributed by atoms with van der Waals surface area (Å²) in [4.78, 5) is 1.39. The van der Waals surface area contributed by atoms with Crippen LogP contribution < -0.4 is 11.1 Å². The Kier molecular flexibility index (Phi) is 4.39. The van der Waals surface area contributed by atoms with Gasteiger partial charge in [-0.1, -0.05) is 38.1 Å². The van der Waals surface area contributed by atoms with Crippen LogP contribution in [0.2, 0.25) is 0 Å². The number of hydrogen-bond acceptors (Lipinski definition) is 3. The van der Waals surface area contributed by atoms with Gasteiger partial charge < -0.3 is 11.1 Å². The van der Waals surface area contributed by atoms with Crippen LogP contribution in [0.15, 0.2) is 41.8 Å². The summed E-state index contributed by atoms with van der Waals surface area (Å²) < 4.78 is 0. The largest absolute Gasteiger partial charge is 0.398 e. The number of nitrogens with two attached hydrogens (primary N) is 1. The van der Waals surface area contributed by atoms with E-state index in [0.29, 0.717) is 12.0 Å². The second kappa shape index (κ2) is 6.03. The van der Waals surface area contributed by atoms with Crippen LogP contribution in [0.4, 0.5) is 5.69 Å². The van der Waals surface area contributed by atoms with Crippen molar-refractivity contribution in [2.24, 2.45) is 5.92 Å². The first-order chi connectivity index (χ1) is 8.68. The van der Waals surface area contributed by atoms with Crippen molar-refractivity contribution in [2.75, 3.05) is 5.73 Å². The molecule has 0 amide bonds. The molecule has 0 bridgehead atoms. The summed E-state index contributed by atoms with van der Waals surface area (Å²) in [5.74, 6) is 0.564. The monoisotopic (exact) mass is 260 g/mol. The van der Waals surface area contributed by atoms with Crippen molar-refractivity contribution in [3.05, 3.63) is 52.2 Å². The summed E-state index contributed by atoms with van der Waals surface area (Å²) in [6, 6.07) is 12.7. The molecule has 0 aliphatic heterocycles. The van der Waals surface area contributed by atoms with Crippen molar-refractivity contribution in [1.29, 1.82) is 0 Å². The molecule has 3 heteroatoms. The van der Waals surface area contributed by atoms with E-state index in [-0.39, 0.29) is 0 Å². The predicted octanol–water partition coefficient (Wildman–Crippen LogP) is 3.82. The van der Waals surface area contributed by atoms with Crippen LogP contribution in [0.5, 0.6) is 0 Å². The summed E-state index contributed by atoms with van der Waals surface area (Å²) in [6.07, 6.45) is 0. The van der Waals surface area contributed by atoms with Crippen molar-refractivity contribution in [3.8, 4) is 0 Å². The molecule has 1 atom stereocenters. The molecule has 0 spiro atoms. The van der Waals surface area contributed by atoms with E-state index in [9.17, 15) is 0 Å². The zero-order chi connectivity index (χ0) is 13.0. The first-order valence-corrected chi connectivity index (χ1v) is 7.16. The van der Waals surface area contributed by atoms with Crippen LogP contribution in [-0.2, 0) is 6.54 Å². The fourth-order valence-electron chi connectivity index (χ4n) is 2.05. The molecule has 0 saturated carbocycles. The van der Waals surface area contributed by atoms with E-state index in [4.69, 9.17) is 5.73 Å². The Morgan fingerprint density at radius 1 is 1.17 bits per heavy atom. The van der Waals surface area contributed by atoms with Crippen LogP contribution in [0.1, 0.15) is 30.3 Å². The summed E-state index contributed by atoms with van der Waals surface area (Å²) >= 11 is 1.80. The second-order valence-electron chi connectivity index (χ2n) is 4.82. The lowest BCUT2D eigenvalue weighted by atomic mass is 10.0. The Hall–Kier alpha value is -1.32. The molecule has 0 radical (unpaired) electrons. The molecule has 1 unspecified atom stereocenters. The third-order valence-corrected chi connectivity index (χ3v) is 4.04. The molecular weight excluding hydrogens is 240 g/mol. The van der Waals surface area contributed by atoms with Gasteiger partial charge in [-0.25, -0.2) is 0 Å². The molecular formula is C15H20N2S.